The van der Waals surface area contributed by atoms with Crippen molar-refractivity contribution in [3.63, 3.8) is 0 Å². The van der Waals surface area contributed by atoms with Gasteiger partial charge in [-0.2, -0.15) is 5.10 Å². The Morgan fingerprint density at radius 3 is 3.08 bits per heavy atom. The van der Waals surface area contributed by atoms with E-state index in [0.29, 0.717) is 12.8 Å². The van der Waals surface area contributed by atoms with E-state index in [9.17, 15) is 4.79 Å². The molecule has 1 N–H and O–H groups in total. The quantitative estimate of drug-likeness (QED) is 0.909. The summed E-state index contributed by atoms with van der Waals surface area (Å²) in [6.07, 6.45) is 5.43. The van der Waals surface area contributed by atoms with E-state index in [0.717, 1.165) is 69.0 Å². The number of hydrogen-bond donors (Lipinski definition) is 1. The number of rotatable bonds is 4. The standard InChI is InChI=1S/C19H27N5O2/c1-14-11-17(22-26-14)18-5-2-3-9-23(18)19(25)7-6-15-12-16-13-20-8-4-10-24(16)21-15/h11-12,18,20H,2-10,13H2,1H3/t18-/m1/s1. The van der Waals surface area contributed by atoms with E-state index in [-0.39, 0.29) is 11.9 Å². The lowest BCUT2D eigenvalue weighted by atomic mass is 9.98. The molecule has 4 rings (SSSR count). The first-order valence-corrected chi connectivity index (χ1v) is 9.70. The maximum Gasteiger partial charge on any atom is 0.223 e. The van der Waals surface area contributed by atoms with Gasteiger partial charge < -0.3 is 14.7 Å². The van der Waals surface area contributed by atoms with Crippen LogP contribution in [0.2, 0.25) is 0 Å². The van der Waals surface area contributed by atoms with Crippen LogP contribution in [-0.2, 0) is 24.3 Å². The first-order valence-electron chi connectivity index (χ1n) is 9.70. The van der Waals surface area contributed by atoms with Gasteiger partial charge in [0.2, 0.25) is 5.91 Å². The second-order valence-electron chi connectivity index (χ2n) is 7.34. The Bertz CT molecular complexity index is 742. The number of hydrogen-bond acceptors (Lipinski definition) is 5. The fraction of sp³-hybridized carbons (Fsp3) is 0.632. The minimum atomic E-state index is 0.0524. The fourth-order valence-corrected chi connectivity index (χ4v) is 4.00. The van der Waals surface area contributed by atoms with E-state index in [4.69, 9.17) is 4.52 Å². The van der Waals surface area contributed by atoms with Crippen LogP contribution in [0, 0.1) is 6.92 Å². The van der Waals surface area contributed by atoms with Gasteiger partial charge in [0, 0.05) is 38.5 Å². The molecule has 2 aliphatic heterocycles. The number of carbonyl (C=O) groups excluding carboxylic acids is 1. The lowest BCUT2D eigenvalue weighted by molar-refractivity contribution is -0.135. The van der Waals surface area contributed by atoms with Crippen LogP contribution in [0.1, 0.15) is 61.0 Å². The van der Waals surface area contributed by atoms with Crippen LogP contribution in [0.3, 0.4) is 0 Å². The summed E-state index contributed by atoms with van der Waals surface area (Å²) in [4.78, 5) is 14.9. The summed E-state index contributed by atoms with van der Waals surface area (Å²) in [6, 6.07) is 4.15. The molecule has 7 nitrogen and oxygen atoms in total. The topological polar surface area (TPSA) is 76.2 Å². The van der Waals surface area contributed by atoms with Crippen molar-refractivity contribution in [2.75, 3.05) is 13.1 Å². The summed E-state index contributed by atoms with van der Waals surface area (Å²) in [6.45, 7) is 5.55. The molecule has 1 fully saturated rings. The number of fused-ring (bicyclic) bond motifs is 1. The van der Waals surface area contributed by atoms with Crippen LogP contribution < -0.4 is 5.32 Å². The number of nitrogens with zero attached hydrogens (tertiary/aromatic N) is 4. The Kier molecular flexibility index (Phi) is 5.06. The van der Waals surface area contributed by atoms with Crippen molar-refractivity contribution >= 4 is 5.91 Å². The van der Waals surface area contributed by atoms with Gasteiger partial charge in [0.15, 0.2) is 0 Å². The third-order valence-electron chi connectivity index (χ3n) is 5.35. The molecule has 0 aliphatic carbocycles. The molecule has 1 atom stereocenters. The van der Waals surface area contributed by atoms with Crippen molar-refractivity contribution in [2.24, 2.45) is 0 Å². The predicted molar refractivity (Wildman–Crippen MR) is 96.4 cm³/mol. The molecule has 0 spiro atoms. The molecule has 7 heteroatoms. The molecule has 140 valence electrons. The summed E-state index contributed by atoms with van der Waals surface area (Å²) in [7, 11) is 0. The van der Waals surface area contributed by atoms with Crippen molar-refractivity contribution < 1.29 is 9.32 Å². The summed E-state index contributed by atoms with van der Waals surface area (Å²) < 4.78 is 7.31. The molecule has 26 heavy (non-hydrogen) atoms. The van der Waals surface area contributed by atoms with Crippen molar-refractivity contribution in [1.82, 2.24) is 25.2 Å². The predicted octanol–water partition coefficient (Wildman–Crippen LogP) is 2.36. The number of nitrogens with one attached hydrogen (secondary N) is 1. The summed E-state index contributed by atoms with van der Waals surface area (Å²) >= 11 is 0. The number of piperidine rings is 1. The van der Waals surface area contributed by atoms with Gasteiger partial charge in [-0.25, -0.2) is 0 Å². The molecule has 0 bridgehead atoms. The van der Waals surface area contributed by atoms with E-state index >= 15 is 0 Å². The number of aromatic nitrogens is 3. The van der Waals surface area contributed by atoms with Gasteiger partial charge in [-0.3, -0.25) is 9.48 Å². The Labute approximate surface area is 153 Å². The lowest BCUT2D eigenvalue weighted by Crippen LogP contribution is -2.38. The number of aryl methyl sites for hydroxylation is 3. The maximum atomic E-state index is 12.9. The SMILES string of the molecule is Cc1cc([C@H]2CCCCN2C(=O)CCc2cc3n(n2)CCCNC3)no1. The summed E-state index contributed by atoms with van der Waals surface area (Å²) in [5, 5.41) is 12.2. The van der Waals surface area contributed by atoms with E-state index in [1.54, 1.807) is 0 Å². The average molecular weight is 357 g/mol. The second kappa shape index (κ2) is 7.61. The zero-order valence-electron chi connectivity index (χ0n) is 15.4. The van der Waals surface area contributed by atoms with Gasteiger partial charge in [-0.05, 0) is 45.2 Å². The largest absolute Gasteiger partial charge is 0.361 e. The first kappa shape index (κ1) is 17.3. The third-order valence-corrected chi connectivity index (χ3v) is 5.35. The summed E-state index contributed by atoms with van der Waals surface area (Å²) in [5.74, 6) is 0.989. The molecule has 0 radical (unpaired) electrons. The average Bonchev–Trinajstić information content (AvgIpc) is 3.20. The van der Waals surface area contributed by atoms with Crippen LogP contribution in [0.15, 0.2) is 16.7 Å². The molecule has 2 aliphatic rings. The molecular formula is C19H27N5O2. The Morgan fingerprint density at radius 1 is 1.31 bits per heavy atom. The highest BCUT2D eigenvalue weighted by atomic mass is 16.5. The minimum Gasteiger partial charge on any atom is -0.361 e. The van der Waals surface area contributed by atoms with E-state index < -0.39 is 0 Å². The summed E-state index contributed by atoms with van der Waals surface area (Å²) in [5.41, 5.74) is 3.12. The van der Waals surface area contributed by atoms with Gasteiger partial charge in [0.05, 0.1) is 17.4 Å². The van der Waals surface area contributed by atoms with E-state index in [2.05, 4.69) is 26.3 Å². The highest BCUT2D eigenvalue weighted by Crippen LogP contribution is 2.31. The third kappa shape index (κ3) is 3.67. The zero-order chi connectivity index (χ0) is 17.9. The second-order valence-corrected chi connectivity index (χ2v) is 7.34. The van der Waals surface area contributed by atoms with E-state index in [1.165, 1.54) is 5.69 Å². The number of carbonyl (C=O) groups is 1. The van der Waals surface area contributed by atoms with Gasteiger partial charge >= 0.3 is 0 Å². The van der Waals surface area contributed by atoms with Gasteiger partial charge in [0.25, 0.3) is 0 Å². The van der Waals surface area contributed by atoms with Gasteiger partial charge in [-0.15, -0.1) is 0 Å². The molecule has 0 unspecified atom stereocenters. The van der Waals surface area contributed by atoms with Crippen LogP contribution in [-0.4, -0.2) is 38.8 Å². The first-order chi connectivity index (χ1) is 12.7. The van der Waals surface area contributed by atoms with Crippen molar-refractivity contribution in [2.45, 2.75) is 64.6 Å². The zero-order valence-corrected chi connectivity index (χ0v) is 15.4. The lowest BCUT2D eigenvalue weighted by Gasteiger charge is -2.34. The van der Waals surface area contributed by atoms with Crippen molar-refractivity contribution in [3.8, 4) is 0 Å². The van der Waals surface area contributed by atoms with Crippen LogP contribution in [0.5, 0.6) is 0 Å². The normalized spacial score (nSPS) is 20.7. The van der Waals surface area contributed by atoms with Crippen molar-refractivity contribution in [3.05, 3.63) is 35.0 Å². The smallest absolute Gasteiger partial charge is 0.223 e. The number of amides is 1. The molecule has 1 amide bonds. The number of likely N-dealkylation sites (tertiary alicyclic amines) is 1. The molecule has 4 heterocycles. The highest BCUT2D eigenvalue weighted by Gasteiger charge is 2.30. The maximum absolute atomic E-state index is 12.9. The molecule has 2 aromatic heterocycles. The minimum absolute atomic E-state index is 0.0524. The van der Waals surface area contributed by atoms with Gasteiger partial charge in [-0.1, -0.05) is 5.16 Å². The molecular weight excluding hydrogens is 330 g/mol. The van der Waals surface area contributed by atoms with Crippen LogP contribution >= 0.6 is 0 Å². The Morgan fingerprint density at radius 2 is 2.23 bits per heavy atom. The molecule has 1 saturated heterocycles. The fourth-order valence-electron chi connectivity index (χ4n) is 4.00. The van der Waals surface area contributed by atoms with Crippen LogP contribution in [0.25, 0.3) is 0 Å². The Balaban J connectivity index is 1.40. The van der Waals surface area contributed by atoms with E-state index in [1.807, 2.05) is 17.9 Å². The van der Waals surface area contributed by atoms with Crippen molar-refractivity contribution in [1.29, 1.82) is 0 Å². The van der Waals surface area contributed by atoms with Crippen LogP contribution in [0.4, 0.5) is 0 Å². The molecule has 0 aromatic carbocycles. The molecule has 2 aromatic rings. The highest BCUT2D eigenvalue weighted by molar-refractivity contribution is 5.77. The van der Waals surface area contributed by atoms with Gasteiger partial charge in [0.1, 0.15) is 11.5 Å². The molecule has 0 saturated carbocycles. The monoisotopic (exact) mass is 357 g/mol. The Hall–Kier alpha value is -2.15.